The average Bonchev–Trinajstić information content (AvgIpc) is 3.42. The first-order chi connectivity index (χ1) is 13.0. The molecular formula is C18H18BrN5O3. The molecule has 3 aromatic rings. The first-order valence-corrected chi connectivity index (χ1v) is 9.27. The van der Waals surface area contributed by atoms with E-state index in [-0.39, 0.29) is 17.4 Å². The lowest BCUT2D eigenvalue weighted by Crippen LogP contribution is -2.15. The number of ether oxygens (including phenoxy) is 1. The number of para-hydroxylation sites is 1. The van der Waals surface area contributed by atoms with E-state index in [4.69, 9.17) is 4.74 Å². The van der Waals surface area contributed by atoms with Crippen LogP contribution in [0.15, 0.2) is 33.5 Å². The zero-order valence-corrected chi connectivity index (χ0v) is 16.4. The van der Waals surface area contributed by atoms with Gasteiger partial charge in [0, 0.05) is 19.0 Å². The number of nitrogens with one attached hydrogen (secondary N) is 3. The van der Waals surface area contributed by atoms with E-state index >= 15 is 0 Å². The van der Waals surface area contributed by atoms with Crippen molar-refractivity contribution < 1.29 is 9.53 Å². The summed E-state index contributed by atoms with van der Waals surface area (Å²) in [6.07, 6.45) is 1.80. The van der Waals surface area contributed by atoms with Gasteiger partial charge in [0.2, 0.25) is 5.91 Å². The number of anilines is 3. The van der Waals surface area contributed by atoms with Crippen molar-refractivity contribution >= 4 is 50.1 Å². The SMILES string of the molecule is COc1c(Br)cccc1Nc1cc(NC(=O)C2CC2)nc2[nH]n(C)c(=O)c12. The van der Waals surface area contributed by atoms with Crippen LogP contribution in [0.3, 0.4) is 0 Å². The van der Waals surface area contributed by atoms with Crippen molar-refractivity contribution in [3.05, 3.63) is 39.1 Å². The summed E-state index contributed by atoms with van der Waals surface area (Å²) in [4.78, 5) is 29.0. The fourth-order valence-electron chi connectivity index (χ4n) is 2.92. The molecule has 1 fully saturated rings. The number of rotatable bonds is 5. The Bertz CT molecular complexity index is 1100. The fraction of sp³-hybridized carbons (Fsp3) is 0.278. The molecule has 1 aromatic carbocycles. The Morgan fingerprint density at radius 1 is 1.37 bits per heavy atom. The zero-order chi connectivity index (χ0) is 19.1. The average molecular weight is 432 g/mol. The summed E-state index contributed by atoms with van der Waals surface area (Å²) < 4.78 is 7.58. The van der Waals surface area contributed by atoms with E-state index in [9.17, 15) is 9.59 Å². The second-order valence-corrected chi connectivity index (χ2v) is 7.32. The highest BCUT2D eigenvalue weighted by molar-refractivity contribution is 9.10. The number of aromatic amines is 1. The van der Waals surface area contributed by atoms with Crippen molar-refractivity contribution in [1.29, 1.82) is 0 Å². The van der Waals surface area contributed by atoms with Gasteiger partial charge < -0.3 is 15.4 Å². The Hall–Kier alpha value is -2.81. The summed E-state index contributed by atoms with van der Waals surface area (Å²) >= 11 is 3.45. The molecule has 9 heteroatoms. The lowest BCUT2D eigenvalue weighted by atomic mass is 10.2. The number of methoxy groups -OCH3 is 1. The number of carbonyl (C=O) groups is 1. The monoisotopic (exact) mass is 431 g/mol. The summed E-state index contributed by atoms with van der Waals surface area (Å²) in [5.41, 5.74) is 1.40. The minimum atomic E-state index is -0.214. The van der Waals surface area contributed by atoms with Crippen molar-refractivity contribution in [3.63, 3.8) is 0 Å². The number of aromatic nitrogens is 3. The molecule has 4 rings (SSSR count). The molecule has 0 saturated heterocycles. The molecule has 27 heavy (non-hydrogen) atoms. The Balaban J connectivity index is 1.81. The number of pyridine rings is 1. The third-order valence-corrected chi connectivity index (χ3v) is 5.08. The number of benzene rings is 1. The summed E-state index contributed by atoms with van der Waals surface area (Å²) in [5.74, 6) is 1.00. The molecule has 0 radical (unpaired) electrons. The summed E-state index contributed by atoms with van der Waals surface area (Å²) in [7, 11) is 3.19. The van der Waals surface area contributed by atoms with Gasteiger partial charge in [0.25, 0.3) is 5.56 Å². The maximum atomic E-state index is 12.5. The third kappa shape index (κ3) is 3.30. The number of hydrogen-bond donors (Lipinski definition) is 3. The second-order valence-electron chi connectivity index (χ2n) is 6.46. The Kier molecular flexibility index (Phi) is 4.39. The van der Waals surface area contributed by atoms with Gasteiger partial charge in [0.1, 0.15) is 11.2 Å². The van der Waals surface area contributed by atoms with Crippen molar-refractivity contribution in [2.24, 2.45) is 13.0 Å². The molecule has 8 nitrogen and oxygen atoms in total. The number of halogens is 1. The molecule has 1 aliphatic carbocycles. The zero-order valence-electron chi connectivity index (χ0n) is 14.8. The van der Waals surface area contributed by atoms with E-state index in [1.165, 1.54) is 4.68 Å². The van der Waals surface area contributed by atoms with Gasteiger partial charge in [0.05, 0.1) is 23.0 Å². The molecule has 1 amide bonds. The minimum Gasteiger partial charge on any atom is -0.493 e. The van der Waals surface area contributed by atoms with Crippen LogP contribution in [-0.4, -0.2) is 27.8 Å². The standard InChI is InChI=1S/C18H18BrN5O3/c1-24-18(26)14-12(20-11-5-3-4-10(19)15(11)27-2)8-13(21-16(14)23-24)22-17(25)9-6-7-9/h3-5,8-9H,6-7H2,1-2H3,(H3,20,21,22,23,25). The van der Waals surface area contributed by atoms with Crippen LogP contribution in [0.4, 0.5) is 17.2 Å². The van der Waals surface area contributed by atoms with Gasteiger partial charge in [-0.15, -0.1) is 0 Å². The van der Waals surface area contributed by atoms with Crippen molar-refractivity contribution in [2.75, 3.05) is 17.7 Å². The van der Waals surface area contributed by atoms with Gasteiger partial charge in [-0.05, 0) is 40.9 Å². The quantitative estimate of drug-likeness (QED) is 0.575. The van der Waals surface area contributed by atoms with Gasteiger partial charge in [-0.3, -0.25) is 19.4 Å². The molecule has 1 saturated carbocycles. The van der Waals surface area contributed by atoms with Crippen LogP contribution in [0.1, 0.15) is 12.8 Å². The number of H-pyrrole nitrogens is 1. The molecule has 0 unspecified atom stereocenters. The van der Waals surface area contributed by atoms with Crippen molar-refractivity contribution in [1.82, 2.24) is 14.8 Å². The molecule has 2 heterocycles. The van der Waals surface area contributed by atoms with Crippen LogP contribution in [0.25, 0.3) is 11.0 Å². The number of fused-ring (bicyclic) bond motifs is 1. The fourth-order valence-corrected chi connectivity index (χ4v) is 3.44. The number of hydrogen-bond acceptors (Lipinski definition) is 5. The third-order valence-electron chi connectivity index (χ3n) is 4.45. The lowest BCUT2D eigenvalue weighted by molar-refractivity contribution is -0.117. The van der Waals surface area contributed by atoms with Gasteiger partial charge >= 0.3 is 0 Å². The molecule has 2 aromatic heterocycles. The second kappa shape index (κ2) is 6.73. The molecule has 1 aliphatic rings. The molecule has 140 valence electrons. The van der Waals surface area contributed by atoms with E-state index in [0.717, 1.165) is 17.3 Å². The molecule has 0 atom stereocenters. The first-order valence-electron chi connectivity index (χ1n) is 8.48. The number of amides is 1. The maximum Gasteiger partial charge on any atom is 0.277 e. The Labute approximate surface area is 163 Å². The predicted octanol–water partition coefficient (Wildman–Crippen LogP) is 3.12. The van der Waals surface area contributed by atoms with E-state index in [1.54, 1.807) is 20.2 Å². The topological polar surface area (TPSA) is 101 Å². The number of aryl methyl sites for hydroxylation is 1. The minimum absolute atomic E-state index is 0.0499. The highest BCUT2D eigenvalue weighted by atomic mass is 79.9. The lowest BCUT2D eigenvalue weighted by Gasteiger charge is -2.14. The van der Waals surface area contributed by atoms with Gasteiger partial charge in [-0.2, -0.15) is 0 Å². The summed E-state index contributed by atoms with van der Waals surface area (Å²) in [6.45, 7) is 0. The molecule has 0 aliphatic heterocycles. The van der Waals surface area contributed by atoms with Crippen LogP contribution in [0.2, 0.25) is 0 Å². The molecule has 0 spiro atoms. The summed E-state index contributed by atoms with van der Waals surface area (Å²) in [5, 5.41) is 9.39. The Morgan fingerprint density at radius 3 is 2.85 bits per heavy atom. The Morgan fingerprint density at radius 2 is 2.15 bits per heavy atom. The summed E-state index contributed by atoms with van der Waals surface area (Å²) in [6, 6.07) is 7.23. The highest BCUT2D eigenvalue weighted by Gasteiger charge is 2.30. The molecular weight excluding hydrogens is 414 g/mol. The number of nitrogens with zero attached hydrogens (tertiary/aromatic N) is 2. The predicted molar refractivity (Wildman–Crippen MR) is 107 cm³/mol. The highest BCUT2D eigenvalue weighted by Crippen LogP contribution is 2.36. The smallest absolute Gasteiger partial charge is 0.277 e. The molecule has 0 bridgehead atoms. The van der Waals surface area contributed by atoms with E-state index in [2.05, 4.69) is 36.6 Å². The van der Waals surface area contributed by atoms with Gasteiger partial charge in [0.15, 0.2) is 11.4 Å². The largest absolute Gasteiger partial charge is 0.493 e. The van der Waals surface area contributed by atoms with Crippen molar-refractivity contribution in [2.45, 2.75) is 12.8 Å². The van der Waals surface area contributed by atoms with Crippen LogP contribution in [0, 0.1) is 5.92 Å². The van der Waals surface area contributed by atoms with E-state index < -0.39 is 0 Å². The van der Waals surface area contributed by atoms with Crippen molar-refractivity contribution in [3.8, 4) is 5.75 Å². The number of carbonyl (C=O) groups excluding carboxylic acids is 1. The van der Waals surface area contributed by atoms with Crippen LogP contribution >= 0.6 is 15.9 Å². The van der Waals surface area contributed by atoms with E-state index in [0.29, 0.717) is 34.0 Å². The van der Waals surface area contributed by atoms with Crippen LogP contribution in [0.5, 0.6) is 5.75 Å². The van der Waals surface area contributed by atoms with Gasteiger partial charge in [-0.1, -0.05) is 6.07 Å². The first kappa shape index (κ1) is 17.6. The van der Waals surface area contributed by atoms with E-state index in [1.807, 2.05) is 18.2 Å². The van der Waals surface area contributed by atoms with Crippen LogP contribution in [-0.2, 0) is 11.8 Å². The maximum absolute atomic E-state index is 12.5. The molecule has 3 N–H and O–H groups in total. The van der Waals surface area contributed by atoms with Gasteiger partial charge in [-0.25, -0.2) is 4.98 Å². The van der Waals surface area contributed by atoms with Crippen LogP contribution < -0.4 is 20.9 Å². The normalized spacial score (nSPS) is 13.6.